The van der Waals surface area contributed by atoms with Crippen molar-refractivity contribution in [3.8, 4) is 5.75 Å². The number of hydrogen-bond acceptors (Lipinski definition) is 4. The number of rotatable bonds is 6. The molecule has 1 aromatic carbocycles. The predicted molar refractivity (Wildman–Crippen MR) is 71.5 cm³/mol. The molecule has 5 N–H and O–H groups in total. The van der Waals surface area contributed by atoms with Crippen molar-refractivity contribution >= 4 is 11.8 Å². The Labute approximate surface area is 112 Å². The minimum atomic E-state index is -0.723. The molecule has 19 heavy (non-hydrogen) atoms. The molecule has 1 rings (SSSR count). The van der Waals surface area contributed by atoms with Crippen molar-refractivity contribution in [1.82, 2.24) is 10.6 Å². The first-order valence-electron chi connectivity index (χ1n) is 6.10. The number of phenols is 1. The van der Waals surface area contributed by atoms with Crippen LogP contribution in [0.2, 0.25) is 0 Å². The van der Waals surface area contributed by atoms with Crippen LogP contribution in [-0.2, 0) is 16.0 Å². The molecule has 6 nitrogen and oxygen atoms in total. The van der Waals surface area contributed by atoms with E-state index in [9.17, 15) is 9.59 Å². The molecule has 104 valence electrons. The summed E-state index contributed by atoms with van der Waals surface area (Å²) < 4.78 is 0. The average molecular weight is 265 g/mol. The van der Waals surface area contributed by atoms with Gasteiger partial charge in [0.2, 0.25) is 11.8 Å². The molecule has 0 saturated carbocycles. The summed E-state index contributed by atoms with van der Waals surface area (Å²) in [7, 11) is 0. The van der Waals surface area contributed by atoms with E-state index < -0.39 is 6.04 Å². The Kier molecular flexibility index (Phi) is 5.81. The van der Waals surface area contributed by atoms with E-state index in [0.29, 0.717) is 13.0 Å². The Hall–Kier alpha value is -2.08. The Morgan fingerprint density at radius 3 is 2.47 bits per heavy atom. The highest BCUT2D eigenvalue weighted by Gasteiger charge is 2.14. The lowest BCUT2D eigenvalue weighted by atomic mass is 10.1. The SMILES string of the molecule is CCNC(=O)CNC(=O)[C@H](N)Cc1ccc(O)cc1. The van der Waals surface area contributed by atoms with Gasteiger partial charge in [0.25, 0.3) is 0 Å². The summed E-state index contributed by atoms with van der Waals surface area (Å²) in [5.74, 6) is -0.454. The van der Waals surface area contributed by atoms with Crippen LogP contribution in [0, 0.1) is 0 Å². The zero-order valence-corrected chi connectivity index (χ0v) is 10.8. The van der Waals surface area contributed by atoms with Crippen molar-refractivity contribution in [3.63, 3.8) is 0 Å². The van der Waals surface area contributed by atoms with Gasteiger partial charge in [-0.1, -0.05) is 12.1 Å². The third kappa shape index (κ3) is 5.39. The van der Waals surface area contributed by atoms with Crippen molar-refractivity contribution in [2.45, 2.75) is 19.4 Å². The van der Waals surface area contributed by atoms with Gasteiger partial charge in [0.15, 0.2) is 0 Å². The van der Waals surface area contributed by atoms with Crippen LogP contribution in [0.15, 0.2) is 24.3 Å². The maximum atomic E-state index is 11.7. The maximum Gasteiger partial charge on any atom is 0.239 e. The molecule has 0 unspecified atom stereocenters. The van der Waals surface area contributed by atoms with Crippen LogP contribution in [0.25, 0.3) is 0 Å². The zero-order chi connectivity index (χ0) is 14.3. The van der Waals surface area contributed by atoms with Gasteiger partial charge >= 0.3 is 0 Å². The molecule has 2 amide bonds. The van der Waals surface area contributed by atoms with Crippen LogP contribution in [0.5, 0.6) is 5.75 Å². The van der Waals surface area contributed by atoms with Gasteiger partial charge in [0.1, 0.15) is 5.75 Å². The van der Waals surface area contributed by atoms with Crippen molar-refractivity contribution < 1.29 is 14.7 Å². The number of phenolic OH excluding ortho intramolecular Hbond substituents is 1. The molecule has 0 aliphatic carbocycles. The van der Waals surface area contributed by atoms with E-state index in [0.717, 1.165) is 5.56 Å². The summed E-state index contributed by atoms with van der Waals surface area (Å²) in [4.78, 5) is 22.8. The monoisotopic (exact) mass is 265 g/mol. The van der Waals surface area contributed by atoms with Crippen molar-refractivity contribution in [2.75, 3.05) is 13.1 Å². The summed E-state index contributed by atoms with van der Waals surface area (Å²) in [5, 5.41) is 14.2. The lowest BCUT2D eigenvalue weighted by Gasteiger charge is -2.12. The number of benzene rings is 1. The molecule has 0 aliphatic rings. The molecule has 0 aliphatic heterocycles. The molecule has 0 heterocycles. The van der Waals surface area contributed by atoms with E-state index in [2.05, 4.69) is 10.6 Å². The minimum absolute atomic E-state index is 0.0735. The smallest absolute Gasteiger partial charge is 0.239 e. The van der Waals surface area contributed by atoms with Gasteiger partial charge in [0, 0.05) is 6.54 Å². The molecule has 0 aromatic heterocycles. The molecule has 1 aromatic rings. The first-order chi connectivity index (χ1) is 9.02. The van der Waals surface area contributed by atoms with E-state index in [1.807, 2.05) is 0 Å². The number of carbonyl (C=O) groups excluding carboxylic acids is 2. The third-order valence-electron chi connectivity index (χ3n) is 2.53. The summed E-state index contributed by atoms with van der Waals surface area (Å²) in [6.45, 7) is 2.25. The predicted octanol–water partition coefficient (Wildman–Crippen LogP) is -0.486. The molecule has 6 heteroatoms. The highest BCUT2D eigenvalue weighted by Crippen LogP contribution is 2.10. The molecule has 0 fully saturated rings. The Bertz CT molecular complexity index is 431. The number of nitrogens with one attached hydrogen (secondary N) is 2. The second kappa shape index (κ2) is 7.38. The van der Waals surface area contributed by atoms with Gasteiger partial charge in [-0.2, -0.15) is 0 Å². The first kappa shape index (κ1) is 15.0. The van der Waals surface area contributed by atoms with E-state index in [4.69, 9.17) is 10.8 Å². The van der Waals surface area contributed by atoms with Crippen LogP contribution >= 0.6 is 0 Å². The Balaban J connectivity index is 2.40. The highest BCUT2D eigenvalue weighted by atomic mass is 16.3. The van der Waals surface area contributed by atoms with Crippen molar-refractivity contribution in [2.24, 2.45) is 5.73 Å². The topological polar surface area (TPSA) is 104 Å². The number of hydrogen-bond donors (Lipinski definition) is 4. The van der Waals surface area contributed by atoms with Gasteiger partial charge in [-0.15, -0.1) is 0 Å². The van der Waals surface area contributed by atoms with E-state index in [1.165, 1.54) is 12.1 Å². The number of carbonyl (C=O) groups is 2. The van der Waals surface area contributed by atoms with Gasteiger partial charge in [-0.05, 0) is 31.0 Å². The normalized spacial score (nSPS) is 11.7. The second-order valence-corrected chi connectivity index (χ2v) is 4.15. The Morgan fingerprint density at radius 2 is 1.89 bits per heavy atom. The standard InChI is InChI=1S/C13H19N3O3/c1-2-15-12(18)8-16-13(19)11(14)7-9-3-5-10(17)6-4-9/h3-6,11,17H,2,7-8,14H2,1H3,(H,15,18)(H,16,19)/t11-/m1/s1. The molecule has 0 bridgehead atoms. The second-order valence-electron chi connectivity index (χ2n) is 4.15. The van der Waals surface area contributed by atoms with Crippen LogP contribution in [-0.4, -0.2) is 36.1 Å². The largest absolute Gasteiger partial charge is 0.508 e. The maximum absolute atomic E-state index is 11.7. The van der Waals surface area contributed by atoms with E-state index in [1.54, 1.807) is 19.1 Å². The lowest BCUT2D eigenvalue weighted by molar-refractivity contribution is -0.126. The fourth-order valence-electron chi connectivity index (χ4n) is 1.54. The van der Waals surface area contributed by atoms with E-state index in [-0.39, 0.29) is 24.1 Å². The van der Waals surface area contributed by atoms with Crippen LogP contribution in [0.4, 0.5) is 0 Å². The number of amides is 2. The van der Waals surface area contributed by atoms with Gasteiger partial charge in [-0.3, -0.25) is 9.59 Å². The molecule has 1 atom stereocenters. The van der Waals surface area contributed by atoms with E-state index >= 15 is 0 Å². The van der Waals surface area contributed by atoms with Crippen LogP contribution < -0.4 is 16.4 Å². The summed E-state index contributed by atoms with van der Waals surface area (Å²) in [6, 6.07) is 5.75. The van der Waals surface area contributed by atoms with Gasteiger partial charge in [0.05, 0.1) is 12.6 Å². The zero-order valence-electron chi connectivity index (χ0n) is 10.8. The number of aromatic hydroxyl groups is 1. The van der Waals surface area contributed by atoms with Crippen molar-refractivity contribution in [3.05, 3.63) is 29.8 Å². The molecule has 0 radical (unpaired) electrons. The first-order valence-corrected chi connectivity index (χ1v) is 6.10. The molecular formula is C13H19N3O3. The lowest BCUT2D eigenvalue weighted by Crippen LogP contribution is -2.45. The highest BCUT2D eigenvalue weighted by molar-refractivity contribution is 5.87. The van der Waals surface area contributed by atoms with Gasteiger partial charge in [-0.25, -0.2) is 0 Å². The van der Waals surface area contributed by atoms with Crippen LogP contribution in [0.3, 0.4) is 0 Å². The number of nitrogens with two attached hydrogens (primary N) is 1. The molecule has 0 saturated heterocycles. The summed E-state index contributed by atoms with van der Waals surface area (Å²) in [5.41, 5.74) is 6.59. The summed E-state index contributed by atoms with van der Waals surface area (Å²) in [6.07, 6.45) is 0.349. The quantitative estimate of drug-likeness (QED) is 0.557. The molecular weight excluding hydrogens is 246 g/mol. The average Bonchev–Trinajstić information content (AvgIpc) is 2.39. The third-order valence-corrected chi connectivity index (χ3v) is 2.53. The molecule has 0 spiro atoms. The van der Waals surface area contributed by atoms with Crippen LogP contribution in [0.1, 0.15) is 12.5 Å². The van der Waals surface area contributed by atoms with Gasteiger partial charge < -0.3 is 21.5 Å². The van der Waals surface area contributed by atoms with Crippen molar-refractivity contribution in [1.29, 1.82) is 0 Å². The fourth-order valence-corrected chi connectivity index (χ4v) is 1.54. The summed E-state index contributed by atoms with van der Waals surface area (Å²) >= 11 is 0. The fraction of sp³-hybridized carbons (Fsp3) is 0.385. The number of likely N-dealkylation sites (N-methyl/N-ethyl adjacent to an activating group) is 1. The Morgan fingerprint density at radius 1 is 1.26 bits per heavy atom. The minimum Gasteiger partial charge on any atom is -0.508 e.